The third kappa shape index (κ3) is 3.89. The van der Waals surface area contributed by atoms with Gasteiger partial charge in [-0.15, -0.1) is 0 Å². The van der Waals surface area contributed by atoms with Gasteiger partial charge in [0.2, 0.25) is 5.91 Å². The fourth-order valence-electron chi connectivity index (χ4n) is 2.04. The van der Waals surface area contributed by atoms with E-state index in [2.05, 4.69) is 5.32 Å². The SMILES string of the molecule is COc1cccc(NC(=O)CN(C)c2ccccc2N)c1. The predicted octanol–water partition coefficient (Wildman–Crippen LogP) is 2.35. The topological polar surface area (TPSA) is 67.6 Å². The number of hydrogen-bond acceptors (Lipinski definition) is 4. The molecule has 5 heteroatoms. The third-order valence-corrected chi connectivity index (χ3v) is 3.08. The Hall–Kier alpha value is -2.69. The minimum Gasteiger partial charge on any atom is -0.497 e. The maximum atomic E-state index is 12.1. The second kappa shape index (κ2) is 6.65. The van der Waals surface area contributed by atoms with Gasteiger partial charge >= 0.3 is 0 Å². The van der Waals surface area contributed by atoms with Gasteiger partial charge in [-0.1, -0.05) is 18.2 Å². The average Bonchev–Trinajstić information content (AvgIpc) is 2.47. The maximum absolute atomic E-state index is 12.1. The Morgan fingerprint density at radius 2 is 2.00 bits per heavy atom. The van der Waals surface area contributed by atoms with Crippen molar-refractivity contribution in [3.8, 4) is 5.75 Å². The van der Waals surface area contributed by atoms with Crippen molar-refractivity contribution in [2.45, 2.75) is 0 Å². The van der Waals surface area contributed by atoms with Crippen molar-refractivity contribution in [3.63, 3.8) is 0 Å². The molecule has 2 rings (SSSR count). The normalized spacial score (nSPS) is 10.0. The lowest BCUT2D eigenvalue weighted by Crippen LogP contribution is -2.30. The molecule has 2 aromatic rings. The van der Waals surface area contributed by atoms with Gasteiger partial charge in [-0.25, -0.2) is 0 Å². The number of anilines is 3. The lowest BCUT2D eigenvalue weighted by molar-refractivity contribution is -0.114. The Kier molecular flexibility index (Phi) is 4.66. The molecule has 0 unspecified atom stereocenters. The number of ether oxygens (including phenoxy) is 1. The van der Waals surface area contributed by atoms with Crippen LogP contribution in [0.15, 0.2) is 48.5 Å². The number of para-hydroxylation sites is 2. The Bertz CT molecular complexity index is 628. The molecule has 0 fully saturated rings. The highest BCUT2D eigenvalue weighted by molar-refractivity contribution is 5.94. The molecular weight excluding hydrogens is 266 g/mol. The van der Waals surface area contributed by atoms with Gasteiger partial charge in [0.25, 0.3) is 0 Å². The molecular formula is C16H19N3O2. The van der Waals surface area contributed by atoms with E-state index in [0.717, 1.165) is 5.69 Å². The van der Waals surface area contributed by atoms with Gasteiger partial charge in [0.1, 0.15) is 5.75 Å². The van der Waals surface area contributed by atoms with E-state index in [1.54, 1.807) is 13.2 Å². The summed E-state index contributed by atoms with van der Waals surface area (Å²) < 4.78 is 5.12. The molecule has 0 atom stereocenters. The van der Waals surface area contributed by atoms with Crippen molar-refractivity contribution in [3.05, 3.63) is 48.5 Å². The summed E-state index contributed by atoms with van der Waals surface area (Å²) in [6, 6.07) is 14.7. The first-order valence-corrected chi connectivity index (χ1v) is 6.59. The van der Waals surface area contributed by atoms with Gasteiger partial charge in [-0.3, -0.25) is 4.79 Å². The lowest BCUT2D eigenvalue weighted by Gasteiger charge is -2.20. The summed E-state index contributed by atoms with van der Waals surface area (Å²) >= 11 is 0. The Morgan fingerprint density at radius 3 is 2.71 bits per heavy atom. The molecule has 0 aliphatic heterocycles. The first kappa shape index (κ1) is 14.7. The second-order valence-corrected chi connectivity index (χ2v) is 4.70. The van der Waals surface area contributed by atoms with E-state index in [4.69, 9.17) is 10.5 Å². The summed E-state index contributed by atoms with van der Waals surface area (Å²) in [5, 5.41) is 2.84. The third-order valence-electron chi connectivity index (χ3n) is 3.08. The van der Waals surface area contributed by atoms with Crippen molar-refractivity contribution in [2.75, 3.05) is 36.7 Å². The largest absolute Gasteiger partial charge is 0.497 e. The number of amides is 1. The number of carbonyl (C=O) groups is 1. The van der Waals surface area contributed by atoms with Crippen molar-refractivity contribution >= 4 is 23.0 Å². The number of hydrogen-bond donors (Lipinski definition) is 2. The Balaban J connectivity index is 2.00. The number of nitrogens with two attached hydrogens (primary N) is 1. The molecule has 1 amide bonds. The quantitative estimate of drug-likeness (QED) is 0.828. The minimum absolute atomic E-state index is 0.117. The van der Waals surface area contributed by atoms with Crippen LogP contribution in [-0.2, 0) is 4.79 Å². The number of rotatable bonds is 5. The van der Waals surface area contributed by atoms with Crippen LogP contribution in [0.5, 0.6) is 5.75 Å². The van der Waals surface area contributed by atoms with Gasteiger partial charge in [-0.2, -0.15) is 0 Å². The molecule has 110 valence electrons. The maximum Gasteiger partial charge on any atom is 0.243 e. The van der Waals surface area contributed by atoms with Crippen molar-refractivity contribution in [2.24, 2.45) is 0 Å². The van der Waals surface area contributed by atoms with Crippen LogP contribution in [-0.4, -0.2) is 26.6 Å². The van der Waals surface area contributed by atoms with Crippen molar-refractivity contribution < 1.29 is 9.53 Å². The standard InChI is InChI=1S/C16H19N3O2/c1-19(15-9-4-3-8-14(15)17)11-16(20)18-12-6-5-7-13(10-12)21-2/h3-10H,11,17H2,1-2H3,(H,18,20). The summed E-state index contributed by atoms with van der Waals surface area (Å²) in [6.07, 6.45) is 0. The van der Waals surface area contributed by atoms with E-state index in [1.165, 1.54) is 0 Å². The van der Waals surface area contributed by atoms with Crippen LogP contribution in [0.3, 0.4) is 0 Å². The molecule has 0 aromatic heterocycles. The Morgan fingerprint density at radius 1 is 1.24 bits per heavy atom. The molecule has 0 aliphatic rings. The van der Waals surface area contributed by atoms with Crippen molar-refractivity contribution in [1.82, 2.24) is 0 Å². The van der Waals surface area contributed by atoms with E-state index in [9.17, 15) is 4.79 Å². The monoisotopic (exact) mass is 285 g/mol. The summed E-state index contributed by atoms with van der Waals surface area (Å²) in [5.41, 5.74) is 8.08. The zero-order valence-electron chi connectivity index (χ0n) is 12.2. The minimum atomic E-state index is -0.117. The lowest BCUT2D eigenvalue weighted by atomic mass is 10.2. The van der Waals surface area contributed by atoms with Crippen molar-refractivity contribution in [1.29, 1.82) is 0 Å². The fourth-order valence-corrected chi connectivity index (χ4v) is 2.04. The molecule has 21 heavy (non-hydrogen) atoms. The predicted molar refractivity (Wildman–Crippen MR) is 85.7 cm³/mol. The average molecular weight is 285 g/mol. The molecule has 0 heterocycles. The number of nitrogens with zero attached hydrogens (tertiary/aromatic N) is 1. The van der Waals surface area contributed by atoms with Crippen LogP contribution in [0, 0.1) is 0 Å². The van der Waals surface area contributed by atoms with E-state index >= 15 is 0 Å². The zero-order valence-corrected chi connectivity index (χ0v) is 12.2. The van der Waals surface area contributed by atoms with E-state index in [0.29, 0.717) is 17.1 Å². The number of benzene rings is 2. The highest BCUT2D eigenvalue weighted by Gasteiger charge is 2.10. The first-order valence-electron chi connectivity index (χ1n) is 6.59. The number of nitrogen functional groups attached to an aromatic ring is 1. The van der Waals surface area contributed by atoms with Gasteiger partial charge < -0.3 is 20.7 Å². The highest BCUT2D eigenvalue weighted by atomic mass is 16.5. The summed E-state index contributed by atoms with van der Waals surface area (Å²) in [5.74, 6) is 0.586. The number of methoxy groups -OCH3 is 1. The fraction of sp³-hybridized carbons (Fsp3) is 0.188. The highest BCUT2D eigenvalue weighted by Crippen LogP contribution is 2.21. The van der Waals surface area contributed by atoms with Crippen LogP contribution < -0.4 is 20.7 Å². The molecule has 0 aliphatic carbocycles. The summed E-state index contributed by atoms with van der Waals surface area (Å²) in [4.78, 5) is 13.9. The van der Waals surface area contributed by atoms with Gasteiger partial charge in [-0.05, 0) is 24.3 Å². The van der Waals surface area contributed by atoms with E-state index in [1.807, 2.05) is 54.4 Å². The molecule has 3 N–H and O–H groups in total. The van der Waals surface area contributed by atoms with Gasteiger partial charge in [0.05, 0.1) is 25.0 Å². The first-order chi connectivity index (χ1) is 10.1. The van der Waals surface area contributed by atoms with E-state index < -0.39 is 0 Å². The number of nitrogens with one attached hydrogen (secondary N) is 1. The van der Waals surface area contributed by atoms with Crippen LogP contribution in [0.25, 0.3) is 0 Å². The van der Waals surface area contributed by atoms with E-state index in [-0.39, 0.29) is 12.5 Å². The van der Waals surface area contributed by atoms with Crippen LogP contribution in [0.4, 0.5) is 17.1 Å². The molecule has 0 saturated heterocycles. The van der Waals surface area contributed by atoms with Crippen LogP contribution in [0.2, 0.25) is 0 Å². The summed E-state index contributed by atoms with van der Waals surface area (Å²) in [6.45, 7) is 0.214. The molecule has 0 spiro atoms. The number of carbonyl (C=O) groups excluding carboxylic acids is 1. The molecule has 5 nitrogen and oxygen atoms in total. The van der Waals surface area contributed by atoms with Gasteiger partial charge in [0, 0.05) is 18.8 Å². The smallest absolute Gasteiger partial charge is 0.243 e. The summed E-state index contributed by atoms with van der Waals surface area (Å²) in [7, 11) is 3.42. The Labute approximate surface area is 124 Å². The molecule has 0 bridgehead atoms. The molecule has 0 saturated carbocycles. The number of likely N-dealkylation sites (N-methyl/N-ethyl adjacent to an activating group) is 1. The molecule has 0 radical (unpaired) electrons. The van der Waals surface area contributed by atoms with Gasteiger partial charge in [0.15, 0.2) is 0 Å². The van der Waals surface area contributed by atoms with Crippen LogP contribution >= 0.6 is 0 Å². The second-order valence-electron chi connectivity index (χ2n) is 4.70. The van der Waals surface area contributed by atoms with Crippen LogP contribution in [0.1, 0.15) is 0 Å². The zero-order chi connectivity index (χ0) is 15.2. The molecule has 2 aromatic carbocycles.